The lowest BCUT2D eigenvalue weighted by Gasteiger charge is -2.13. The zero-order valence-electron chi connectivity index (χ0n) is 12.3. The first kappa shape index (κ1) is 15.1. The fourth-order valence-corrected chi connectivity index (χ4v) is 2.11. The van der Waals surface area contributed by atoms with Gasteiger partial charge in [-0.25, -0.2) is 0 Å². The number of rotatable bonds is 4. The van der Waals surface area contributed by atoms with Crippen LogP contribution in [0.4, 0.5) is 5.82 Å². The monoisotopic (exact) mass is 294 g/mol. The van der Waals surface area contributed by atoms with Crippen LogP contribution in [-0.4, -0.2) is 18.7 Å². The summed E-state index contributed by atoms with van der Waals surface area (Å²) >= 11 is 0. The van der Waals surface area contributed by atoms with Crippen LogP contribution < -0.4 is 15.2 Å². The summed E-state index contributed by atoms with van der Waals surface area (Å²) in [6.07, 6.45) is 0. The molecule has 0 bridgehead atoms. The Labute approximate surface area is 128 Å². The standard InChI is InChI=1S/C16H14N4O2/c1-3-22-16-13(9-18)14(12(8-17)15(19)20-16)10-5-4-6-11(7-10)21-2/h4-7H,3H2,1-2H3,(H2,19,20). The van der Waals surface area contributed by atoms with Gasteiger partial charge >= 0.3 is 0 Å². The molecule has 0 saturated carbocycles. The van der Waals surface area contributed by atoms with E-state index in [-0.39, 0.29) is 22.8 Å². The minimum absolute atomic E-state index is 0.0303. The van der Waals surface area contributed by atoms with E-state index in [0.29, 0.717) is 23.5 Å². The molecule has 0 fully saturated rings. The van der Waals surface area contributed by atoms with Crippen molar-refractivity contribution in [2.75, 3.05) is 19.5 Å². The number of benzene rings is 1. The van der Waals surface area contributed by atoms with Gasteiger partial charge in [-0.2, -0.15) is 15.5 Å². The molecule has 1 heterocycles. The predicted octanol–water partition coefficient (Wildman–Crippen LogP) is 2.48. The Morgan fingerprint density at radius 1 is 1.23 bits per heavy atom. The van der Waals surface area contributed by atoms with Crippen molar-refractivity contribution in [1.29, 1.82) is 10.5 Å². The number of nitrogens with zero attached hydrogens (tertiary/aromatic N) is 3. The highest BCUT2D eigenvalue weighted by Gasteiger charge is 2.21. The molecule has 0 saturated heterocycles. The van der Waals surface area contributed by atoms with Crippen molar-refractivity contribution in [3.8, 4) is 34.9 Å². The SMILES string of the molecule is CCOc1nc(N)c(C#N)c(-c2cccc(OC)c2)c1C#N. The summed E-state index contributed by atoms with van der Waals surface area (Å²) in [5.74, 6) is 0.765. The minimum Gasteiger partial charge on any atom is -0.497 e. The molecule has 22 heavy (non-hydrogen) atoms. The zero-order chi connectivity index (χ0) is 16.1. The largest absolute Gasteiger partial charge is 0.497 e. The van der Waals surface area contributed by atoms with Gasteiger partial charge in [0.05, 0.1) is 13.7 Å². The third-order valence-electron chi connectivity index (χ3n) is 3.06. The van der Waals surface area contributed by atoms with Crippen LogP contribution in [0, 0.1) is 22.7 Å². The van der Waals surface area contributed by atoms with Gasteiger partial charge in [-0.1, -0.05) is 12.1 Å². The molecule has 6 nitrogen and oxygen atoms in total. The predicted molar refractivity (Wildman–Crippen MR) is 81.2 cm³/mol. The van der Waals surface area contributed by atoms with Crippen LogP contribution in [0.1, 0.15) is 18.1 Å². The Morgan fingerprint density at radius 3 is 2.55 bits per heavy atom. The fraction of sp³-hybridized carbons (Fsp3) is 0.188. The number of methoxy groups -OCH3 is 1. The number of hydrogen-bond acceptors (Lipinski definition) is 6. The normalized spacial score (nSPS) is 9.64. The number of nitrogen functional groups attached to an aromatic ring is 1. The molecular weight excluding hydrogens is 280 g/mol. The number of nitrogens with two attached hydrogens (primary N) is 1. The van der Waals surface area contributed by atoms with Gasteiger partial charge in [-0.05, 0) is 24.6 Å². The van der Waals surface area contributed by atoms with E-state index in [9.17, 15) is 10.5 Å². The second-order valence-corrected chi connectivity index (χ2v) is 4.32. The smallest absolute Gasteiger partial charge is 0.234 e. The van der Waals surface area contributed by atoms with Crippen LogP contribution in [0.25, 0.3) is 11.1 Å². The maximum absolute atomic E-state index is 9.47. The van der Waals surface area contributed by atoms with Crippen molar-refractivity contribution in [3.63, 3.8) is 0 Å². The first-order chi connectivity index (χ1) is 10.7. The van der Waals surface area contributed by atoms with E-state index in [0.717, 1.165) is 0 Å². The van der Waals surface area contributed by atoms with Crippen LogP contribution in [0.2, 0.25) is 0 Å². The first-order valence-corrected chi connectivity index (χ1v) is 6.57. The van der Waals surface area contributed by atoms with Gasteiger partial charge in [0.1, 0.15) is 34.8 Å². The number of pyridine rings is 1. The number of nitriles is 2. The van der Waals surface area contributed by atoms with E-state index in [2.05, 4.69) is 11.1 Å². The molecule has 2 aromatic rings. The maximum Gasteiger partial charge on any atom is 0.234 e. The summed E-state index contributed by atoms with van der Waals surface area (Å²) < 4.78 is 10.6. The molecule has 0 aliphatic rings. The summed E-state index contributed by atoms with van der Waals surface area (Å²) in [6, 6.07) is 11.1. The molecule has 0 radical (unpaired) electrons. The highest BCUT2D eigenvalue weighted by atomic mass is 16.5. The van der Waals surface area contributed by atoms with E-state index in [4.69, 9.17) is 15.2 Å². The van der Waals surface area contributed by atoms with Crippen molar-refractivity contribution < 1.29 is 9.47 Å². The average Bonchev–Trinajstić information content (AvgIpc) is 2.54. The van der Waals surface area contributed by atoms with Gasteiger partial charge in [0, 0.05) is 5.56 Å². The van der Waals surface area contributed by atoms with E-state index >= 15 is 0 Å². The Hall–Kier alpha value is -3.25. The molecule has 1 aromatic heterocycles. The lowest BCUT2D eigenvalue weighted by atomic mass is 9.96. The molecule has 6 heteroatoms. The number of aromatic nitrogens is 1. The van der Waals surface area contributed by atoms with Crippen molar-refractivity contribution >= 4 is 5.82 Å². The van der Waals surface area contributed by atoms with Gasteiger partial charge in [-0.3, -0.25) is 0 Å². The van der Waals surface area contributed by atoms with Gasteiger partial charge < -0.3 is 15.2 Å². The van der Waals surface area contributed by atoms with Gasteiger partial charge in [0.2, 0.25) is 5.88 Å². The molecular formula is C16H14N4O2. The molecule has 2 N–H and O–H groups in total. The Bertz CT molecular complexity index is 788. The molecule has 0 aliphatic carbocycles. The summed E-state index contributed by atoms with van der Waals surface area (Å²) in [6.45, 7) is 2.12. The second kappa shape index (κ2) is 6.47. The lowest BCUT2D eigenvalue weighted by Crippen LogP contribution is -2.06. The van der Waals surface area contributed by atoms with Crippen molar-refractivity contribution in [3.05, 3.63) is 35.4 Å². The molecule has 1 aromatic carbocycles. The van der Waals surface area contributed by atoms with E-state index in [1.54, 1.807) is 38.3 Å². The van der Waals surface area contributed by atoms with E-state index in [1.165, 1.54) is 0 Å². The highest BCUT2D eigenvalue weighted by molar-refractivity contribution is 5.82. The van der Waals surface area contributed by atoms with Gasteiger partial charge in [0.25, 0.3) is 0 Å². The van der Waals surface area contributed by atoms with Gasteiger partial charge in [-0.15, -0.1) is 0 Å². The minimum atomic E-state index is 0.0303. The van der Waals surface area contributed by atoms with Crippen molar-refractivity contribution in [2.24, 2.45) is 0 Å². The van der Waals surface area contributed by atoms with Crippen molar-refractivity contribution in [2.45, 2.75) is 6.92 Å². The maximum atomic E-state index is 9.47. The summed E-state index contributed by atoms with van der Waals surface area (Å²) in [4.78, 5) is 4.01. The molecule has 0 amide bonds. The van der Waals surface area contributed by atoms with Crippen LogP contribution in [0.15, 0.2) is 24.3 Å². The third-order valence-corrected chi connectivity index (χ3v) is 3.06. The number of anilines is 1. The molecule has 110 valence electrons. The van der Waals surface area contributed by atoms with E-state index in [1.807, 2.05) is 6.07 Å². The third kappa shape index (κ3) is 2.63. The number of ether oxygens (including phenoxy) is 2. The summed E-state index contributed by atoms with van der Waals surface area (Å²) in [5.41, 5.74) is 7.21. The summed E-state index contributed by atoms with van der Waals surface area (Å²) in [5, 5.41) is 18.8. The zero-order valence-corrected chi connectivity index (χ0v) is 12.3. The molecule has 0 aliphatic heterocycles. The van der Waals surface area contributed by atoms with Crippen LogP contribution >= 0.6 is 0 Å². The topological polar surface area (TPSA) is 105 Å². The Balaban J connectivity index is 2.82. The fourth-order valence-electron chi connectivity index (χ4n) is 2.11. The molecule has 0 spiro atoms. The van der Waals surface area contributed by atoms with Crippen LogP contribution in [0.5, 0.6) is 11.6 Å². The van der Waals surface area contributed by atoms with E-state index < -0.39 is 0 Å². The lowest BCUT2D eigenvalue weighted by molar-refractivity contribution is 0.326. The summed E-state index contributed by atoms with van der Waals surface area (Å²) in [7, 11) is 1.54. The Kier molecular flexibility index (Phi) is 4.45. The second-order valence-electron chi connectivity index (χ2n) is 4.32. The molecule has 2 rings (SSSR count). The number of hydrogen-bond donors (Lipinski definition) is 1. The van der Waals surface area contributed by atoms with Crippen molar-refractivity contribution in [1.82, 2.24) is 4.98 Å². The Morgan fingerprint density at radius 2 is 1.95 bits per heavy atom. The molecule has 0 atom stereocenters. The van der Waals surface area contributed by atoms with Gasteiger partial charge in [0.15, 0.2) is 0 Å². The average molecular weight is 294 g/mol. The first-order valence-electron chi connectivity index (χ1n) is 6.57. The molecule has 0 unspecified atom stereocenters. The highest BCUT2D eigenvalue weighted by Crippen LogP contribution is 2.36. The quantitative estimate of drug-likeness (QED) is 0.928. The van der Waals surface area contributed by atoms with Crippen LogP contribution in [0.3, 0.4) is 0 Å². The van der Waals surface area contributed by atoms with Crippen LogP contribution in [-0.2, 0) is 0 Å².